The Hall–Kier alpha value is -2.33. The Bertz CT molecular complexity index is 1140. The average molecular weight is 797 g/mol. The summed E-state index contributed by atoms with van der Waals surface area (Å²) in [6.45, 7) is 4.17. The van der Waals surface area contributed by atoms with Crippen molar-refractivity contribution in [3.63, 3.8) is 0 Å². The predicted octanol–water partition coefficient (Wildman–Crippen LogP) is 10.7. The van der Waals surface area contributed by atoms with Gasteiger partial charge in [-0.15, -0.1) is 0 Å². The number of likely N-dealkylation sites (N-methyl/N-ethyl adjacent to an activating group) is 1. The number of allylic oxidation sites excluding steroid dienone is 9. The van der Waals surface area contributed by atoms with Gasteiger partial charge in [0.2, 0.25) is 0 Å². The Morgan fingerprint density at radius 3 is 1.91 bits per heavy atom. The predicted molar refractivity (Wildman–Crippen MR) is 225 cm³/mol. The zero-order valence-electron chi connectivity index (χ0n) is 35.3. The highest BCUT2D eigenvalue weighted by Crippen LogP contribution is 2.43. The minimum absolute atomic E-state index is 0.0117. The second-order valence-corrected chi connectivity index (χ2v) is 16.7. The minimum Gasteiger partial charge on any atom is -0.462 e. The van der Waals surface area contributed by atoms with Crippen molar-refractivity contribution in [3.8, 4) is 0 Å². The molecule has 3 atom stereocenters. The van der Waals surface area contributed by atoms with E-state index in [-0.39, 0.29) is 32.2 Å². The second kappa shape index (κ2) is 36.0. The van der Waals surface area contributed by atoms with Crippen molar-refractivity contribution in [1.82, 2.24) is 0 Å². The van der Waals surface area contributed by atoms with Gasteiger partial charge >= 0.3 is 19.8 Å². The molecule has 11 heteroatoms. The van der Waals surface area contributed by atoms with Crippen molar-refractivity contribution in [2.45, 2.75) is 161 Å². The Morgan fingerprint density at radius 2 is 1.22 bits per heavy atom. The molecule has 0 aromatic heterocycles. The van der Waals surface area contributed by atoms with Crippen molar-refractivity contribution in [3.05, 3.63) is 60.8 Å². The van der Waals surface area contributed by atoms with Crippen molar-refractivity contribution >= 4 is 19.8 Å². The molecule has 10 nitrogen and oxygen atoms in total. The van der Waals surface area contributed by atoms with Crippen LogP contribution < -0.4 is 0 Å². The Labute approximate surface area is 335 Å². The van der Waals surface area contributed by atoms with Crippen LogP contribution >= 0.6 is 7.82 Å². The fourth-order valence-corrected chi connectivity index (χ4v) is 5.97. The first-order valence-corrected chi connectivity index (χ1v) is 22.6. The van der Waals surface area contributed by atoms with Crippen LogP contribution in [0.3, 0.4) is 0 Å². The fraction of sp³-hybridized carbons (Fsp3) is 0.727. The number of carbonyl (C=O) groups excluding carboxylic acids is 2. The zero-order chi connectivity index (χ0) is 40.9. The van der Waals surface area contributed by atoms with Gasteiger partial charge in [0, 0.05) is 12.8 Å². The number of aliphatic hydroxyl groups excluding tert-OH is 1. The molecule has 318 valence electrons. The number of hydrogen-bond donors (Lipinski definition) is 2. The van der Waals surface area contributed by atoms with Gasteiger partial charge in [-0.2, -0.15) is 0 Å². The number of ether oxygens (including phenoxy) is 2. The maximum absolute atomic E-state index is 12.6. The smallest absolute Gasteiger partial charge is 0.462 e. The summed E-state index contributed by atoms with van der Waals surface area (Å²) >= 11 is 0. The highest BCUT2D eigenvalue weighted by molar-refractivity contribution is 7.47. The van der Waals surface area contributed by atoms with Crippen LogP contribution in [0.1, 0.15) is 149 Å². The van der Waals surface area contributed by atoms with Gasteiger partial charge in [0.25, 0.3) is 0 Å². The highest BCUT2D eigenvalue weighted by Gasteiger charge is 2.27. The van der Waals surface area contributed by atoms with Crippen LogP contribution in [0.25, 0.3) is 0 Å². The lowest BCUT2D eigenvalue weighted by atomic mass is 10.1. The molecular weight excluding hydrogens is 717 g/mol. The summed E-state index contributed by atoms with van der Waals surface area (Å²) in [6.07, 6.45) is 38.8. The van der Waals surface area contributed by atoms with Crippen molar-refractivity contribution in [2.75, 3.05) is 47.5 Å². The van der Waals surface area contributed by atoms with Crippen LogP contribution in [-0.2, 0) is 32.7 Å². The van der Waals surface area contributed by atoms with Gasteiger partial charge in [0.05, 0.1) is 33.9 Å². The van der Waals surface area contributed by atoms with Crippen molar-refractivity contribution in [1.29, 1.82) is 0 Å². The van der Waals surface area contributed by atoms with E-state index >= 15 is 0 Å². The molecule has 0 aliphatic rings. The number of phosphoric ester groups is 1. The number of esters is 2. The third-order valence-corrected chi connectivity index (χ3v) is 9.61. The second-order valence-electron chi connectivity index (χ2n) is 15.2. The molecule has 0 bridgehead atoms. The minimum atomic E-state index is -4.40. The summed E-state index contributed by atoms with van der Waals surface area (Å²) in [5.41, 5.74) is 0. The largest absolute Gasteiger partial charge is 0.472 e. The number of hydrogen-bond acceptors (Lipinski definition) is 8. The Morgan fingerprint density at radius 1 is 0.655 bits per heavy atom. The van der Waals surface area contributed by atoms with Crippen LogP contribution in [0, 0.1) is 0 Å². The number of phosphoric acid groups is 1. The van der Waals surface area contributed by atoms with E-state index in [1.807, 2.05) is 51.5 Å². The quantitative estimate of drug-likeness (QED) is 0.0158. The maximum Gasteiger partial charge on any atom is 0.472 e. The molecule has 55 heavy (non-hydrogen) atoms. The molecule has 1 unspecified atom stereocenters. The molecule has 0 radical (unpaired) electrons. The topological polar surface area (TPSA) is 129 Å². The summed E-state index contributed by atoms with van der Waals surface area (Å²) in [7, 11) is 1.41. The molecule has 2 N–H and O–H groups in total. The lowest BCUT2D eigenvalue weighted by Gasteiger charge is -2.24. The molecule has 0 spiro atoms. The summed E-state index contributed by atoms with van der Waals surface area (Å²) < 4.78 is 34.1. The number of quaternary nitrogens is 1. The number of unbranched alkanes of at least 4 members (excludes halogenated alkanes) is 12. The first-order chi connectivity index (χ1) is 26.4. The molecule has 0 aliphatic heterocycles. The maximum atomic E-state index is 12.6. The van der Waals surface area contributed by atoms with Crippen molar-refractivity contribution in [2.24, 2.45) is 0 Å². The number of nitrogens with zero attached hydrogens (tertiary/aromatic N) is 1. The lowest BCUT2D eigenvalue weighted by Crippen LogP contribution is -2.37. The standard InChI is InChI=1S/C44H78NO9P/c1-6-8-10-11-12-13-14-15-18-22-25-28-32-36-44(48)54-42(40-53-55(49,50)52-38-37-45(3,4)5)39-51-43(47)35-31-27-24-21-19-16-17-20-23-26-30-34-41(46)33-29-9-7-2/h13-14,16-17,21,23-24,26,30,34,41-42,46H,6-12,15,18-20,22,25,27-29,31-33,35-40H2,1-5H3/p+1/b14-13-,17-16-,24-21-,26-23-,34-30+/t41-,42-/m1/s1. The third kappa shape index (κ3) is 39.7. The number of carbonyl (C=O) groups is 2. The van der Waals surface area contributed by atoms with Gasteiger partial charge in [0.15, 0.2) is 6.10 Å². The van der Waals surface area contributed by atoms with Crippen LogP contribution in [-0.4, -0.2) is 86.1 Å². The molecule has 0 amide bonds. The summed E-state index contributed by atoms with van der Waals surface area (Å²) in [4.78, 5) is 35.3. The van der Waals surface area contributed by atoms with Gasteiger partial charge in [-0.3, -0.25) is 18.6 Å². The Balaban J connectivity index is 4.54. The molecule has 0 saturated heterocycles. The fourth-order valence-electron chi connectivity index (χ4n) is 5.23. The molecule has 0 fully saturated rings. The monoisotopic (exact) mass is 797 g/mol. The molecule has 0 aromatic carbocycles. The normalized spacial score (nSPS) is 14.8. The summed E-state index contributed by atoms with van der Waals surface area (Å²) in [5, 5.41) is 9.90. The first-order valence-electron chi connectivity index (χ1n) is 21.1. The van der Waals surface area contributed by atoms with Gasteiger partial charge < -0.3 is 24.0 Å². The van der Waals surface area contributed by atoms with Gasteiger partial charge in [-0.05, 0) is 64.2 Å². The molecule has 0 aromatic rings. The molecular formula is C44H79NO9P+. The zero-order valence-corrected chi connectivity index (χ0v) is 36.1. The SMILES string of the molecule is CCCCCC/C=C\CCCCCCCC(=O)O[C@H](COC(=O)CCC/C=C\C/C=C\C/C=C\C=C\[C@H](O)CCCCC)COP(=O)(O)OCC[N+](C)(C)C. The van der Waals surface area contributed by atoms with E-state index in [2.05, 4.69) is 44.2 Å². The van der Waals surface area contributed by atoms with Crippen LogP contribution in [0.2, 0.25) is 0 Å². The van der Waals surface area contributed by atoms with E-state index in [9.17, 15) is 24.2 Å². The van der Waals surface area contributed by atoms with E-state index in [1.54, 1.807) is 0 Å². The molecule has 0 aliphatic carbocycles. The average Bonchev–Trinajstić information content (AvgIpc) is 3.12. The molecule has 0 heterocycles. The van der Waals surface area contributed by atoms with Crippen LogP contribution in [0.15, 0.2) is 60.8 Å². The van der Waals surface area contributed by atoms with E-state index in [1.165, 1.54) is 25.7 Å². The molecule has 0 saturated carbocycles. The number of aliphatic hydroxyl groups is 1. The van der Waals surface area contributed by atoms with E-state index in [4.69, 9.17) is 18.5 Å². The van der Waals surface area contributed by atoms with Crippen LogP contribution in [0.5, 0.6) is 0 Å². The Kier molecular flexibility index (Phi) is 34.5. The van der Waals surface area contributed by atoms with Gasteiger partial charge in [0.1, 0.15) is 19.8 Å². The summed E-state index contributed by atoms with van der Waals surface area (Å²) in [5.74, 6) is -0.907. The van der Waals surface area contributed by atoms with E-state index < -0.39 is 32.5 Å². The van der Waals surface area contributed by atoms with Gasteiger partial charge in [-0.1, -0.05) is 132 Å². The van der Waals surface area contributed by atoms with Crippen molar-refractivity contribution < 1.29 is 47.2 Å². The van der Waals surface area contributed by atoms with E-state index in [0.717, 1.165) is 77.0 Å². The lowest BCUT2D eigenvalue weighted by molar-refractivity contribution is -0.870. The highest BCUT2D eigenvalue weighted by atomic mass is 31.2. The summed E-state index contributed by atoms with van der Waals surface area (Å²) in [6, 6.07) is 0. The van der Waals surface area contributed by atoms with E-state index in [0.29, 0.717) is 30.3 Å². The molecule has 0 rings (SSSR count). The number of rotatable bonds is 37. The first kappa shape index (κ1) is 52.7. The van der Waals surface area contributed by atoms with Crippen LogP contribution in [0.4, 0.5) is 0 Å². The third-order valence-electron chi connectivity index (χ3n) is 8.62. The van der Waals surface area contributed by atoms with Gasteiger partial charge in [-0.25, -0.2) is 4.57 Å².